The van der Waals surface area contributed by atoms with Gasteiger partial charge in [-0.1, -0.05) is 30.3 Å². The first-order chi connectivity index (χ1) is 19.8. The Bertz CT molecular complexity index is 1440. The average Bonchev–Trinajstić information content (AvgIpc) is 3.34. The zero-order chi connectivity index (χ0) is 31.0. The molecule has 0 aliphatic heterocycles. The maximum absolute atomic E-state index is 13.5. The molecule has 0 saturated heterocycles. The topological polar surface area (TPSA) is 244 Å². The quantitative estimate of drug-likeness (QED) is 0.116. The third-order valence-corrected chi connectivity index (χ3v) is 6.56. The van der Waals surface area contributed by atoms with Gasteiger partial charge in [0.1, 0.15) is 29.9 Å². The summed E-state index contributed by atoms with van der Waals surface area (Å²) in [6, 6.07) is 6.98. The summed E-state index contributed by atoms with van der Waals surface area (Å²) in [5.74, 6) is -5.69. The highest BCUT2D eigenvalue weighted by atomic mass is 16.4. The molecule has 14 nitrogen and oxygen atoms in total. The monoisotopic (exact) mass is 583 g/mol. The minimum Gasteiger partial charge on any atom is -0.508 e. The van der Waals surface area contributed by atoms with E-state index < -0.39 is 66.4 Å². The number of phenols is 1. The summed E-state index contributed by atoms with van der Waals surface area (Å²) in [5, 5.41) is 46.0. The summed E-state index contributed by atoms with van der Waals surface area (Å²) in [4.78, 5) is 65.6. The standard InChI is InChI=1S/C28H33N5O9/c1-14(34)24(29)27(40)32-21(12-23(36)37)26(39)31-20(11-16-13-30-19-5-3-2-4-18(16)19)25(38)33-22(28(41)42)10-15-6-8-17(35)9-7-15/h2-9,13-14,20-22,24,30,34-35H,10-12,29H2,1H3,(H,31,39)(H,32,40)(H,33,38)(H,36,37)(H,41,42). The number of rotatable bonds is 14. The van der Waals surface area contributed by atoms with E-state index in [0.717, 1.165) is 10.9 Å². The summed E-state index contributed by atoms with van der Waals surface area (Å²) >= 11 is 0. The first kappa shape index (κ1) is 31.6. The van der Waals surface area contributed by atoms with E-state index in [1.807, 2.05) is 0 Å². The van der Waals surface area contributed by atoms with Gasteiger partial charge in [0.05, 0.1) is 12.5 Å². The number of carbonyl (C=O) groups excluding carboxylic acids is 3. The fourth-order valence-electron chi connectivity index (χ4n) is 4.21. The molecule has 5 unspecified atom stereocenters. The van der Waals surface area contributed by atoms with E-state index in [1.165, 1.54) is 31.2 Å². The number of hydrogen-bond donors (Lipinski definition) is 9. The van der Waals surface area contributed by atoms with E-state index >= 15 is 0 Å². The van der Waals surface area contributed by atoms with Gasteiger partial charge >= 0.3 is 11.9 Å². The second kappa shape index (κ2) is 14.1. The minimum atomic E-state index is -1.66. The van der Waals surface area contributed by atoms with E-state index in [1.54, 1.807) is 30.5 Å². The van der Waals surface area contributed by atoms with Crippen molar-refractivity contribution in [1.82, 2.24) is 20.9 Å². The molecule has 224 valence electrons. The molecule has 3 amide bonds. The maximum Gasteiger partial charge on any atom is 0.326 e. The number of aliphatic carboxylic acids is 2. The van der Waals surface area contributed by atoms with Crippen LogP contribution in [0, 0.1) is 0 Å². The van der Waals surface area contributed by atoms with Crippen LogP contribution in [0.5, 0.6) is 5.75 Å². The number of nitrogens with one attached hydrogen (secondary N) is 4. The number of aromatic amines is 1. The first-order valence-electron chi connectivity index (χ1n) is 13.0. The number of aliphatic hydroxyl groups is 1. The lowest BCUT2D eigenvalue weighted by Gasteiger charge is -2.25. The Morgan fingerprint density at radius 3 is 2.05 bits per heavy atom. The lowest BCUT2D eigenvalue weighted by atomic mass is 10.0. The van der Waals surface area contributed by atoms with Gasteiger partial charge in [0.25, 0.3) is 0 Å². The van der Waals surface area contributed by atoms with E-state index in [0.29, 0.717) is 11.1 Å². The number of amides is 3. The number of phenolic OH excluding ortho intramolecular Hbond substituents is 1. The van der Waals surface area contributed by atoms with Crippen LogP contribution >= 0.6 is 0 Å². The van der Waals surface area contributed by atoms with Crippen molar-refractivity contribution in [3.63, 3.8) is 0 Å². The lowest BCUT2D eigenvalue weighted by Crippen LogP contribution is -2.59. The number of fused-ring (bicyclic) bond motifs is 1. The van der Waals surface area contributed by atoms with Crippen molar-refractivity contribution >= 4 is 40.6 Å². The Hall–Kier alpha value is -4.95. The zero-order valence-electron chi connectivity index (χ0n) is 22.6. The van der Waals surface area contributed by atoms with Crippen LogP contribution < -0.4 is 21.7 Å². The highest BCUT2D eigenvalue weighted by molar-refractivity contribution is 5.96. The molecule has 0 bridgehead atoms. The van der Waals surface area contributed by atoms with Crippen molar-refractivity contribution < 1.29 is 44.4 Å². The number of hydrogen-bond acceptors (Lipinski definition) is 8. The molecule has 0 saturated carbocycles. The smallest absolute Gasteiger partial charge is 0.326 e. The van der Waals surface area contributed by atoms with Gasteiger partial charge in [0.15, 0.2) is 0 Å². The molecule has 0 fully saturated rings. The number of nitrogens with two attached hydrogens (primary N) is 1. The van der Waals surface area contributed by atoms with Crippen molar-refractivity contribution in [3.8, 4) is 5.75 Å². The van der Waals surface area contributed by atoms with Crippen molar-refractivity contribution in [3.05, 3.63) is 65.9 Å². The highest BCUT2D eigenvalue weighted by Gasteiger charge is 2.32. The van der Waals surface area contributed by atoms with Gasteiger partial charge in [0, 0.05) is 29.9 Å². The summed E-state index contributed by atoms with van der Waals surface area (Å²) in [7, 11) is 0. The Morgan fingerprint density at radius 2 is 1.43 bits per heavy atom. The molecule has 0 radical (unpaired) electrons. The molecule has 14 heteroatoms. The van der Waals surface area contributed by atoms with Crippen LogP contribution in [0.1, 0.15) is 24.5 Å². The largest absolute Gasteiger partial charge is 0.508 e. The van der Waals surface area contributed by atoms with E-state index in [9.17, 15) is 44.4 Å². The van der Waals surface area contributed by atoms with Crippen molar-refractivity contribution in [2.24, 2.45) is 5.73 Å². The Balaban J connectivity index is 1.88. The zero-order valence-corrected chi connectivity index (χ0v) is 22.6. The third kappa shape index (κ3) is 8.52. The van der Waals surface area contributed by atoms with Gasteiger partial charge in [-0.2, -0.15) is 0 Å². The predicted molar refractivity (Wildman–Crippen MR) is 149 cm³/mol. The van der Waals surface area contributed by atoms with Crippen LogP contribution in [0.4, 0.5) is 0 Å². The number of H-pyrrole nitrogens is 1. The highest BCUT2D eigenvalue weighted by Crippen LogP contribution is 2.19. The van der Waals surface area contributed by atoms with Gasteiger partial charge in [-0.15, -0.1) is 0 Å². The van der Waals surface area contributed by atoms with Gasteiger partial charge in [-0.25, -0.2) is 4.79 Å². The summed E-state index contributed by atoms with van der Waals surface area (Å²) in [6.07, 6.45) is -0.775. The molecule has 0 aliphatic carbocycles. The second-order valence-electron chi connectivity index (χ2n) is 9.82. The Kier molecular flexibility index (Phi) is 10.6. The number of carbonyl (C=O) groups is 5. The molecule has 5 atom stereocenters. The van der Waals surface area contributed by atoms with Crippen molar-refractivity contribution in [2.45, 2.75) is 56.5 Å². The predicted octanol–water partition coefficient (Wildman–Crippen LogP) is -0.619. The molecule has 3 rings (SSSR count). The number of aromatic nitrogens is 1. The molecule has 0 spiro atoms. The average molecular weight is 584 g/mol. The van der Waals surface area contributed by atoms with Gasteiger partial charge in [0.2, 0.25) is 17.7 Å². The van der Waals surface area contributed by atoms with Crippen LogP contribution in [0.15, 0.2) is 54.7 Å². The van der Waals surface area contributed by atoms with E-state index in [4.69, 9.17) is 5.73 Å². The van der Waals surface area contributed by atoms with Gasteiger partial charge in [-0.05, 0) is 36.2 Å². The van der Waals surface area contributed by atoms with Crippen molar-refractivity contribution in [2.75, 3.05) is 0 Å². The molecule has 1 aromatic heterocycles. The Labute approximate surface area is 239 Å². The number of aromatic hydroxyl groups is 1. The number of benzene rings is 2. The molecular weight excluding hydrogens is 550 g/mol. The van der Waals surface area contributed by atoms with Gasteiger partial charge in [-0.3, -0.25) is 19.2 Å². The number of carboxylic acids is 2. The first-order valence-corrected chi connectivity index (χ1v) is 13.0. The summed E-state index contributed by atoms with van der Waals surface area (Å²) in [5.41, 5.74) is 7.47. The number of aliphatic hydroxyl groups excluding tert-OH is 1. The minimum absolute atomic E-state index is 0.0198. The fraction of sp³-hybridized carbons (Fsp3) is 0.321. The fourth-order valence-corrected chi connectivity index (χ4v) is 4.21. The SMILES string of the molecule is CC(O)C(N)C(=O)NC(CC(=O)O)C(=O)NC(Cc1c[nH]c2ccccc12)C(=O)NC(Cc1ccc(O)cc1)C(=O)O. The second-order valence-corrected chi connectivity index (χ2v) is 9.82. The molecule has 2 aromatic carbocycles. The lowest BCUT2D eigenvalue weighted by molar-refractivity contribution is -0.143. The van der Waals surface area contributed by atoms with Crippen LogP contribution in [0.25, 0.3) is 10.9 Å². The van der Waals surface area contributed by atoms with E-state index in [2.05, 4.69) is 20.9 Å². The van der Waals surface area contributed by atoms with Gasteiger partial charge < -0.3 is 47.1 Å². The van der Waals surface area contributed by atoms with Crippen LogP contribution in [-0.4, -0.2) is 85.3 Å². The van der Waals surface area contributed by atoms with Crippen molar-refractivity contribution in [1.29, 1.82) is 0 Å². The van der Waals surface area contributed by atoms with E-state index in [-0.39, 0.29) is 18.6 Å². The number of carboxylic acid groups (broad SMARTS) is 2. The third-order valence-electron chi connectivity index (χ3n) is 6.56. The maximum atomic E-state index is 13.5. The molecular formula is C28H33N5O9. The van der Waals surface area contributed by atoms with Crippen LogP contribution in [0.3, 0.4) is 0 Å². The molecule has 42 heavy (non-hydrogen) atoms. The van der Waals surface area contributed by atoms with Crippen LogP contribution in [-0.2, 0) is 36.8 Å². The Morgan fingerprint density at radius 1 is 0.833 bits per heavy atom. The molecule has 1 heterocycles. The summed E-state index contributed by atoms with van der Waals surface area (Å²) in [6.45, 7) is 1.25. The van der Waals surface area contributed by atoms with Crippen LogP contribution in [0.2, 0.25) is 0 Å². The molecule has 10 N–H and O–H groups in total. The number of para-hydroxylation sites is 1. The molecule has 0 aliphatic rings. The molecule has 3 aromatic rings. The summed E-state index contributed by atoms with van der Waals surface area (Å²) < 4.78 is 0. The normalized spacial score (nSPS) is 14.6.